The Morgan fingerprint density at radius 3 is 1.87 bits per heavy atom. The van der Waals surface area contributed by atoms with Crippen LogP contribution in [0.15, 0.2) is 24.3 Å². The van der Waals surface area contributed by atoms with Gasteiger partial charge in [-0.25, -0.2) is 4.39 Å². The van der Waals surface area contributed by atoms with Crippen LogP contribution >= 0.6 is 0 Å². The number of benzene rings is 1. The Balaban J connectivity index is 2.45. The van der Waals surface area contributed by atoms with E-state index in [0.29, 0.717) is 5.92 Å². The van der Waals surface area contributed by atoms with Gasteiger partial charge in [-0.05, 0) is 61.1 Å². The fourth-order valence-electron chi connectivity index (χ4n) is 5.15. The maximum absolute atomic E-state index is 13.3. The smallest absolute Gasteiger partial charge is 0.123 e. The molecule has 0 aromatic heterocycles. The molecule has 0 saturated heterocycles. The Labute approximate surface area is 186 Å². The molecule has 0 heterocycles. The highest BCUT2D eigenvalue weighted by Crippen LogP contribution is 2.39. The first-order valence-electron chi connectivity index (χ1n) is 12.8. The lowest BCUT2D eigenvalue weighted by atomic mass is 9.68. The van der Waals surface area contributed by atoms with Gasteiger partial charge in [0.15, 0.2) is 0 Å². The SMILES string of the molecule is CCCCCCCCC(CCCCCCc1cccc(F)c1)C(O)(C(C)C)C(C)C. The molecular weight excluding hydrogens is 371 g/mol. The monoisotopic (exact) mass is 420 g/mol. The molecule has 0 spiro atoms. The first-order valence-corrected chi connectivity index (χ1v) is 12.8. The Bertz CT molecular complexity index is 543. The van der Waals surface area contributed by atoms with E-state index < -0.39 is 5.60 Å². The lowest BCUT2D eigenvalue weighted by Crippen LogP contribution is -2.47. The van der Waals surface area contributed by atoms with Gasteiger partial charge < -0.3 is 5.11 Å². The lowest BCUT2D eigenvalue weighted by molar-refractivity contribution is -0.102. The number of halogens is 1. The summed E-state index contributed by atoms with van der Waals surface area (Å²) in [6.07, 6.45) is 15.8. The van der Waals surface area contributed by atoms with E-state index in [9.17, 15) is 9.50 Å². The molecule has 1 aromatic carbocycles. The molecule has 174 valence electrons. The van der Waals surface area contributed by atoms with Gasteiger partial charge in [-0.15, -0.1) is 0 Å². The molecule has 1 nitrogen and oxygen atoms in total. The van der Waals surface area contributed by atoms with E-state index in [2.05, 4.69) is 34.6 Å². The van der Waals surface area contributed by atoms with Crippen LogP contribution in [0.5, 0.6) is 0 Å². The Morgan fingerprint density at radius 1 is 0.800 bits per heavy atom. The standard InChI is InChI=1S/C28H49FO/c1-6-7-8-9-10-14-19-26(28(30,23(2)3)24(4)5)20-15-12-11-13-17-25-18-16-21-27(29)22-25/h16,18,21-24,26,30H,6-15,17,19-20H2,1-5H3. The van der Waals surface area contributed by atoms with Crippen molar-refractivity contribution in [3.63, 3.8) is 0 Å². The van der Waals surface area contributed by atoms with Crippen LogP contribution in [-0.2, 0) is 6.42 Å². The highest BCUT2D eigenvalue weighted by atomic mass is 19.1. The third kappa shape index (κ3) is 9.50. The van der Waals surface area contributed by atoms with Gasteiger partial charge in [0, 0.05) is 0 Å². The van der Waals surface area contributed by atoms with Crippen LogP contribution in [0.25, 0.3) is 0 Å². The molecule has 0 aliphatic carbocycles. The van der Waals surface area contributed by atoms with E-state index in [4.69, 9.17) is 0 Å². The molecule has 0 fully saturated rings. The molecular formula is C28H49FO. The van der Waals surface area contributed by atoms with E-state index >= 15 is 0 Å². The van der Waals surface area contributed by atoms with Gasteiger partial charge in [-0.2, -0.15) is 0 Å². The molecule has 0 aliphatic rings. The average Bonchev–Trinajstić information content (AvgIpc) is 2.70. The summed E-state index contributed by atoms with van der Waals surface area (Å²) in [6, 6.07) is 6.99. The normalized spacial score (nSPS) is 13.4. The molecule has 1 atom stereocenters. The van der Waals surface area contributed by atoms with Crippen LogP contribution in [0.4, 0.5) is 4.39 Å². The predicted molar refractivity (Wildman–Crippen MR) is 129 cm³/mol. The topological polar surface area (TPSA) is 20.2 Å². The first-order chi connectivity index (χ1) is 14.3. The second kappa shape index (κ2) is 15.0. The quantitative estimate of drug-likeness (QED) is 0.250. The molecule has 0 aliphatic heterocycles. The van der Waals surface area contributed by atoms with Crippen molar-refractivity contribution in [2.75, 3.05) is 0 Å². The van der Waals surface area contributed by atoms with Crippen LogP contribution in [-0.4, -0.2) is 10.7 Å². The molecule has 0 bridgehead atoms. The second-order valence-electron chi connectivity index (χ2n) is 10.0. The highest BCUT2D eigenvalue weighted by molar-refractivity contribution is 5.16. The lowest BCUT2D eigenvalue weighted by Gasteiger charge is -2.43. The Hall–Kier alpha value is -0.890. The van der Waals surface area contributed by atoms with Gasteiger partial charge in [0.05, 0.1) is 5.60 Å². The van der Waals surface area contributed by atoms with E-state index in [1.807, 2.05) is 6.07 Å². The fraction of sp³-hybridized carbons (Fsp3) is 0.786. The van der Waals surface area contributed by atoms with E-state index in [0.717, 1.165) is 31.2 Å². The van der Waals surface area contributed by atoms with Crippen molar-refractivity contribution in [2.45, 2.75) is 124 Å². The van der Waals surface area contributed by atoms with Gasteiger partial charge in [0.1, 0.15) is 5.82 Å². The minimum absolute atomic E-state index is 0.133. The maximum Gasteiger partial charge on any atom is 0.123 e. The van der Waals surface area contributed by atoms with Crippen molar-refractivity contribution in [3.05, 3.63) is 35.6 Å². The molecule has 0 saturated carbocycles. The summed E-state index contributed by atoms with van der Waals surface area (Å²) in [5.41, 5.74) is 0.537. The Morgan fingerprint density at radius 2 is 1.33 bits per heavy atom. The van der Waals surface area contributed by atoms with E-state index in [1.54, 1.807) is 12.1 Å². The third-order valence-corrected chi connectivity index (χ3v) is 7.07. The zero-order chi connectivity index (χ0) is 22.4. The molecule has 1 N–H and O–H groups in total. The van der Waals surface area contributed by atoms with Crippen LogP contribution in [0.2, 0.25) is 0 Å². The number of aliphatic hydroxyl groups is 1. The van der Waals surface area contributed by atoms with Crippen LogP contribution < -0.4 is 0 Å². The number of rotatable bonds is 17. The summed E-state index contributed by atoms with van der Waals surface area (Å²) < 4.78 is 13.3. The van der Waals surface area contributed by atoms with Crippen LogP contribution in [0.3, 0.4) is 0 Å². The summed E-state index contributed by atoms with van der Waals surface area (Å²) >= 11 is 0. The van der Waals surface area contributed by atoms with Crippen molar-refractivity contribution < 1.29 is 9.50 Å². The van der Waals surface area contributed by atoms with Gasteiger partial charge in [-0.3, -0.25) is 0 Å². The zero-order valence-corrected chi connectivity index (χ0v) is 20.6. The summed E-state index contributed by atoms with van der Waals surface area (Å²) in [4.78, 5) is 0. The third-order valence-electron chi connectivity index (χ3n) is 7.07. The summed E-state index contributed by atoms with van der Waals surface area (Å²) in [7, 11) is 0. The zero-order valence-electron chi connectivity index (χ0n) is 20.6. The molecule has 1 rings (SSSR count). The van der Waals surface area contributed by atoms with Crippen molar-refractivity contribution >= 4 is 0 Å². The minimum Gasteiger partial charge on any atom is -0.389 e. The second-order valence-corrected chi connectivity index (χ2v) is 10.0. The molecule has 1 unspecified atom stereocenters. The first kappa shape index (κ1) is 27.1. The molecule has 0 amide bonds. The molecule has 2 heteroatoms. The van der Waals surface area contributed by atoms with Crippen LogP contribution in [0, 0.1) is 23.6 Å². The molecule has 1 aromatic rings. The fourth-order valence-corrected chi connectivity index (χ4v) is 5.15. The van der Waals surface area contributed by atoms with Crippen molar-refractivity contribution in [1.82, 2.24) is 0 Å². The van der Waals surface area contributed by atoms with Crippen LogP contribution in [0.1, 0.15) is 117 Å². The van der Waals surface area contributed by atoms with Gasteiger partial charge in [0.25, 0.3) is 0 Å². The molecule has 30 heavy (non-hydrogen) atoms. The summed E-state index contributed by atoms with van der Waals surface area (Å²) in [6.45, 7) is 11.0. The predicted octanol–water partition coefficient (Wildman–Crippen LogP) is 8.73. The summed E-state index contributed by atoms with van der Waals surface area (Å²) in [5, 5.41) is 11.6. The number of hydrogen-bond acceptors (Lipinski definition) is 1. The van der Waals surface area contributed by atoms with Gasteiger partial charge >= 0.3 is 0 Å². The van der Waals surface area contributed by atoms with Gasteiger partial charge in [-0.1, -0.05) is 105 Å². The van der Waals surface area contributed by atoms with E-state index in [-0.39, 0.29) is 17.7 Å². The minimum atomic E-state index is -0.565. The number of aryl methyl sites for hydroxylation is 1. The Kier molecular flexibility index (Phi) is 13.6. The van der Waals surface area contributed by atoms with Gasteiger partial charge in [0.2, 0.25) is 0 Å². The van der Waals surface area contributed by atoms with Crippen molar-refractivity contribution in [2.24, 2.45) is 17.8 Å². The highest BCUT2D eigenvalue weighted by Gasteiger charge is 2.41. The number of unbranched alkanes of at least 4 members (excludes halogenated alkanes) is 8. The van der Waals surface area contributed by atoms with Crippen molar-refractivity contribution in [1.29, 1.82) is 0 Å². The van der Waals surface area contributed by atoms with Crippen molar-refractivity contribution in [3.8, 4) is 0 Å². The molecule has 0 radical (unpaired) electrons. The summed E-state index contributed by atoms with van der Waals surface area (Å²) in [5.74, 6) is 0.838. The average molecular weight is 421 g/mol. The maximum atomic E-state index is 13.3. The largest absolute Gasteiger partial charge is 0.389 e. The van der Waals surface area contributed by atoms with E-state index in [1.165, 1.54) is 63.9 Å². The number of hydrogen-bond donors (Lipinski definition) is 1.